The number of hydrogen-bond acceptors (Lipinski definition) is 4. The topological polar surface area (TPSA) is 78.1 Å². The minimum Gasteiger partial charge on any atom is -0.351 e. The Labute approximate surface area is 166 Å². The van der Waals surface area contributed by atoms with Gasteiger partial charge in [-0.25, -0.2) is 5.10 Å². The molecule has 0 bridgehead atoms. The van der Waals surface area contributed by atoms with Crippen LogP contribution in [0.4, 0.5) is 0 Å². The van der Waals surface area contributed by atoms with Gasteiger partial charge in [-0.2, -0.15) is 5.10 Å². The normalized spacial score (nSPS) is 16.7. The molecule has 1 aromatic carbocycles. The van der Waals surface area contributed by atoms with E-state index < -0.39 is 5.56 Å². The number of aryl methyl sites for hydroxylation is 1. The van der Waals surface area contributed by atoms with E-state index in [4.69, 9.17) is 0 Å². The van der Waals surface area contributed by atoms with Gasteiger partial charge in [-0.1, -0.05) is 37.3 Å². The van der Waals surface area contributed by atoms with Gasteiger partial charge in [0, 0.05) is 13.1 Å². The standard InChI is InChI=1S/C22H30N4O2/c1-4-22(10-12-26(13-11-22)14-18-8-6-5-7-9-18)15-23-20(27)19-16(2)17(3)24-25-21(19)28/h5-9H,4,10-15H2,1-3H3,(H,23,27)(H,25,28). The third kappa shape index (κ3) is 4.50. The van der Waals surface area contributed by atoms with Crippen molar-refractivity contribution in [3.05, 3.63) is 63.1 Å². The van der Waals surface area contributed by atoms with Crippen molar-refractivity contribution in [3.8, 4) is 0 Å². The quantitative estimate of drug-likeness (QED) is 0.805. The van der Waals surface area contributed by atoms with E-state index >= 15 is 0 Å². The number of hydrogen-bond donors (Lipinski definition) is 2. The number of rotatable bonds is 6. The molecule has 1 aliphatic heterocycles. The molecule has 0 saturated carbocycles. The molecule has 3 rings (SSSR count). The summed E-state index contributed by atoms with van der Waals surface area (Å²) in [6.45, 7) is 9.36. The molecule has 28 heavy (non-hydrogen) atoms. The maximum absolute atomic E-state index is 12.7. The largest absolute Gasteiger partial charge is 0.351 e. The summed E-state index contributed by atoms with van der Waals surface area (Å²) in [4.78, 5) is 27.2. The lowest BCUT2D eigenvalue weighted by atomic mass is 9.76. The molecule has 0 unspecified atom stereocenters. The van der Waals surface area contributed by atoms with E-state index in [1.807, 2.05) is 6.07 Å². The Kier molecular flexibility index (Phi) is 6.29. The van der Waals surface area contributed by atoms with Gasteiger partial charge < -0.3 is 5.32 Å². The molecule has 1 saturated heterocycles. The SMILES string of the molecule is CCC1(CNC(=O)c2c(C)c(C)n[nH]c2=O)CCN(Cc2ccccc2)CC1. The number of nitrogens with zero attached hydrogens (tertiary/aromatic N) is 2. The predicted octanol–water partition coefficient (Wildman–Crippen LogP) is 2.81. The van der Waals surface area contributed by atoms with Crippen LogP contribution in [-0.4, -0.2) is 40.6 Å². The number of carbonyl (C=O) groups excluding carboxylic acids is 1. The number of aromatic nitrogens is 2. The second kappa shape index (κ2) is 8.69. The highest BCUT2D eigenvalue weighted by Crippen LogP contribution is 2.34. The Morgan fingerprint density at radius 1 is 1.21 bits per heavy atom. The Balaban J connectivity index is 1.60. The second-order valence-corrected chi connectivity index (χ2v) is 7.94. The van der Waals surface area contributed by atoms with Crippen LogP contribution in [0, 0.1) is 19.3 Å². The van der Waals surface area contributed by atoms with Crippen LogP contribution in [0.3, 0.4) is 0 Å². The minimum absolute atomic E-state index is 0.0889. The zero-order chi connectivity index (χ0) is 20.1. The van der Waals surface area contributed by atoms with Gasteiger partial charge in [-0.05, 0) is 62.7 Å². The molecule has 1 amide bonds. The van der Waals surface area contributed by atoms with Crippen LogP contribution in [0.1, 0.15) is 53.4 Å². The Bertz CT molecular complexity index is 868. The van der Waals surface area contributed by atoms with Gasteiger partial charge in [0.1, 0.15) is 5.56 Å². The first kappa shape index (κ1) is 20.3. The summed E-state index contributed by atoms with van der Waals surface area (Å²) in [6, 6.07) is 10.5. The zero-order valence-electron chi connectivity index (χ0n) is 17.0. The van der Waals surface area contributed by atoms with Crippen LogP contribution in [0.25, 0.3) is 0 Å². The Hall–Kier alpha value is -2.47. The highest BCUT2D eigenvalue weighted by atomic mass is 16.2. The average Bonchev–Trinajstić information content (AvgIpc) is 2.71. The van der Waals surface area contributed by atoms with Crippen LogP contribution >= 0.6 is 0 Å². The molecule has 0 aliphatic carbocycles. The average molecular weight is 383 g/mol. The molecular weight excluding hydrogens is 352 g/mol. The van der Waals surface area contributed by atoms with Crippen molar-refractivity contribution in [3.63, 3.8) is 0 Å². The van der Waals surface area contributed by atoms with Crippen molar-refractivity contribution >= 4 is 5.91 Å². The van der Waals surface area contributed by atoms with E-state index in [2.05, 4.69) is 51.6 Å². The summed E-state index contributed by atoms with van der Waals surface area (Å²) in [5.41, 5.74) is 2.49. The Morgan fingerprint density at radius 2 is 1.89 bits per heavy atom. The van der Waals surface area contributed by atoms with E-state index in [0.717, 1.165) is 38.9 Å². The van der Waals surface area contributed by atoms with E-state index in [1.54, 1.807) is 13.8 Å². The number of nitrogens with one attached hydrogen (secondary N) is 2. The van der Waals surface area contributed by atoms with Crippen molar-refractivity contribution in [2.24, 2.45) is 5.41 Å². The molecule has 0 radical (unpaired) electrons. The fourth-order valence-corrected chi connectivity index (χ4v) is 3.94. The van der Waals surface area contributed by atoms with Crippen molar-refractivity contribution in [2.75, 3.05) is 19.6 Å². The van der Waals surface area contributed by atoms with Crippen LogP contribution in [0.2, 0.25) is 0 Å². The molecule has 150 valence electrons. The molecule has 0 spiro atoms. The third-order valence-corrected chi connectivity index (χ3v) is 6.24. The number of likely N-dealkylation sites (tertiary alicyclic amines) is 1. The Morgan fingerprint density at radius 3 is 2.54 bits per heavy atom. The fourth-order valence-electron chi connectivity index (χ4n) is 3.94. The number of piperidine rings is 1. The number of carbonyl (C=O) groups is 1. The molecule has 2 aromatic rings. The van der Waals surface area contributed by atoms with E-state index in [1.165, 1.54) is 5.56 Å². The summed E-state index contributed by atoms with van der Waals surface area (Å²) >= 11 is 0. The van der Waals surface area contributed by atoms with Crippen molar-refractivity contribution in [2.45, 2.75) is 46.6 Å². The monoisotopic (exact) mass is 382 g/mol. The van der Waals surface area contributed by atoms with Crippen molar-refractivity contribution < 1.29 is 4.79 Å². The maximum atomic E-state index is 12.7. The van der Waals surface area contributed by atoms with Gasteiger partial charge in [0.25, 0.3) is 11.5 Å². The van der Waals surface area contributed by atoms with Gasteiger partial charge in [0.2, 0.25) is 0 Å². The predicted molar refractivity (Wildman–Crippen MR) is 110 cm³/mol. The molecule has 2 heterocycles. The molecule has 1 aliphatic rings. The summed E-state index contributed by atoms with van der Waals surface area (Å²) < 4.78 is 0. The van der Waals surface area contributed by atoms with Crippen molar-refractivity contribution in [1.82, 2.24) is 20.4 Å². The summed E-state index contributed by atoms with van der Waals surface area (Å²) in [7, 11) is 0. The fraction of sp³-hybridized carbons (Fsp3) is 0.500. The summed E-state index contributed by atoms with van der Waals surface area (Å²) in [5.74, 6) is -0.302. The van der Waals surface area contributed by atoms with Crippen LogP contribution in [-0.2, 0) is 6.54 Å². The van der Waals surface area contributed by atoms with Crippen LogP contribution in [0.15, 0.2) is 35.1 Å². The maximum Gasteiger partial charge on any atom is 0.277 e. The molecule has 2 N–H and O–H groups in total. The first-order chi connectivity index (χ1) is 13.4. The van der Waals surface area contributed by atoms with E-state index in [9.17, 15) is 9.59 Å². The first-order valence-corrected chi connectivity index (χ1v) is 10.0. The first-order valence-electron chi connectivity index (χ1n) is 10.0. The smallest absolute Gasteiger partial charge is 0.277 e. The lowest BCUT2D eigenvalue weighted by Gasteiger charge is -2.41. The number of amides is 1. The minimum atomic E-state index is -0.427. The molecular formula is C22H30N4O2. The van der Waals surface area contributed by atoms with Gasteiger partial charge in [-0.15, -0.1) is 0 Å². The van der Waals surface area contributed by atoms with Gasteiger partial charge in [-0.3, -0.25) is 14.5 Å². The second-order valence-electron chi connectivity index (χ2n) is 7.94. The van der Waals surface area contributed by atoms with Crippen LogP contribution < -0.4 is 10.9 Å². The summed E-state index contributed by atoms with van der Waals surface area (Å²) in [5, 5.41) is 9.36. The number of benzene rings is 1. The lowest BCUT2D eigenvalue weighted by Crippen LogP contribution is -2.46. The third-order valence-electron chi connectivity index (χ3n) is 6.24. The molecule has 6 heteroatoms. The van der Waals surface area contributed by atoms with Gasteiger partial charge in [0.15, 0.2) is 0 Å². The highest BCUT2D eigenvalue weighted by molar-refractivity contribution is 5.95. The van der Waals surface area contributed by atoms with Gasteiger partial charge >= 0.3 is 0 Å². The molecule has 1 aromatic heterocycles. The molecule has 0 atom stereocenters. The molecule has 1 fully saturated rings. The van der Waals surface area contributed by atoms with Crippen LogP contribution in [0.5, 0.6) is 0 Å². The van der Waals surface area contributed by atoms with E-state index in [0.29, 0.717) is 17.8 Å². The van der Waals surface area contributed by atoms with Gasteiger partial charge in [0.05, 0.1) is 5.69 Å². The highest BCUT2D eigenvalue weighted by Gasteiger charge is 2.33. The summed E-state index contributed by atoms with van der Waals surface area (Å²) in [6.07, 6.45) is 3.10. The lowest BCUT2D eigenvalue weighted by molar-refractivity contribution is 0.0789. The number of H-pyrrole nitrogens is 1. The van der Waals surface area contributed by atoms with Crippen molar-refractivity contribution in [1.29, 1.82) is 0 Å². The zero-order valence-corrected chi connectivity index (χ0v) is 17.0. The van der Waals surface area contributed by atoms with E-state index in [-0.39, 0.29) is 16.9 Å². The molecule has 6 nitrogen and oxygen atoms in total. The number of aromatic amines is 1.